The lowest BCUT2D eigenvalue weighted by Gasteiger charge is -2.14. The van der Waals surface area contributed by atoms with Crippen molar-refractivity contribution >= 4 is 10.9 Å². The van der Waals surface area contributed by atoms with Crippen molar-refractivity contribution in [3.63, 3.8) is 0 Å². The van der Waals surface area contributed by atoms with Gasteiger partial charge in [-0.15, -0.1) is 0 Å². The van der Waals surface area contributed by atoms with Gasteiger partial charge in [0.15, 0.2) is 0 Å². The lowest BCUT2D eigenvalue weighted by Crippen LogP contribution is -1.93. The molecule has 0 radical (unpaired) electrons. The molecule has 46 heavy (non-hydrogen) atoms. The highest BCUT2D eigenvalue weighted by atomic mass is 14.7. The Hall–Kier alpha value is -6.19. The first-order valence-electron chi connectivity index (χ1n) is 15.4. The summed E-state index contributed by atoms with van der Waals surface area (Å²) in [6, 6.07) is 55.4. The summed E-state index contributed by atoms with van der Waals surface area (Å²) in [5.41, 5.74) is 14.1. The fourth-order valence-electron chi connectivity index (χ4n) is 6.04. The van der Waals surface area contributed by atoms with Crippen molar-refractivity contribution in [2.75, 3.05) is 0 Å². The predicted octanol–water partition coefficient (Wildman–Crippen LogP) is 11.0. The van der Waals surface area contributed by atoms with Gasteiger partial charge < -0.3 is 0 Å². The molecule has 3 nitrogen and oxygen atoms in total. The molecule has 3 heterocycles. The van der Waals surface area contributed by atoms with Gasteiger partial charge in [0.2, 0.25) is 0 Å². The Bertz CT molecular complexity index is 2280. The van der Waals surface area contributed by atoms with E-state index in [0.29, 0.717) is 0 Å². The Morgan fingerprint density at radius 1 is 0.348 bits per heavy atom. The SMILES string of the molecule is c1ccc(-c2cccc(-c3ccc4nc(-c5cccc(-c6ccccc6)c5)cc(-c5ccc(-c6ccncc6)nc5)c4c3)c2)cc1. The van der Waals surface area contributed by atoms with Crippen molar-refractivity contribution in [2.24, 2.45) is 0 Å². The van der Waals surface area contributed by atoms with Gasteiger partial charge in [0, 0.05) is 40.7 Å². The van der Waals surface area contributed by atoms with Gasteiger partial charge in [-0.2, -0.15) is 0 Å². The van der Waals surface area contributed by atoms with Crippen LogP contribution in [0.15, 0.2) is 176 Å². The molecule has 0 aliphatic heterocycles. The molecule has 0 amide bonds. The first kappa shape index (κ1) is 27.4. The average Bonchev–Trinajstić information content (AvgIpc) is 3.15. The third-order valence-corrected chi connectivity index (χ3v) is 8.43. The number of fused-ring (bicyclic) bond motifs is 1. The van der Waals surface area contributed by atoms with E-state index in [9.17, 15) is 0 Å². The fraction of sp³-hybridized carbons (Fsp3) is 0. The summed E-state index contributed by atoms with van der Waals surface area (Å²) in [6.45, 7) is 0. The van der Waals surface area contributed by atoms with Crippen LogP contribution < -0.4 is 0 Å². The zero-order valence-electron chi connectivity index (χ0n) is 25.1. The van der Waals surface area contributed by atoms with Crippen LogP contribution in [0.3, 0.4) is 0 Å². The van der Waals surface area contributed by atoms with Crippen molar-refractivity contribution in [2.45, 2.75) is 0 Å². The first-order valence-corrected chi connectivity index (χ1v) is 15.4. The Kier molecular flexibility index (Phi) is 7.18. The molecule has 5 aromatic carbocycles. The van der Waals surface area contributed by atoms with Crippen molar-refractivity contribution in [1.82, 2.24) is 15.0 Å². The molecular weight excluding hydrogens is 558 g/mol. The molecule has 0 saturated carbocycles. The molecule has 0 atom stereocenters. The molecule has 0 unspecified atom stereocenters. The number of rotatable bonds is 6. The summed E-state index contributed by atoms with van der Waals surface area (Å²) in [5, 5.41) is 1.09. The van der Waals surface area contributed by atoms with Gasteiger partial charge in [0.05, 0.1) is 16.9 Å². The number of hydrogen-bond acceptors (Lipinski definition) is 3. The van der Waals surface area contributed by atoms with Crippen LogP contribution in [0, 0.1) is 0 Å². The number of aromatic nitrogens is 3. The third kappa shape index (κ3) is 5.47. The predicted molar refractivity (Wildman–Crippen MR) is 190 cm³/mol. The van der Waals surface area contributed by atoms with Crippen LogP contribution in [-0.4, -0.2) is 15.0 Å². The Morgan fingerprint density at radius 3 is 1.57 bits per heavy atom. The standard InChI is InChI=1S/C43H29N3/c1-3-9-30(10-4-1)33-13-7-15-35(25-33)36-17-20-42-40(27-36)39(38-18-19-41(45-29-38)32-21-23-44-24-22-32)28-43(46-42)37-16-8-14-34(26-37)31-11-5-2-6-12-31/h1-29H. The molecule has 0 N–H and O–H groups in total. The Morgan fingerprint density at radius 2 is 0.913 bits per heavy atom. The fourth-order valence-corrected chi connectivity index (χ4v) is 6.04. The summed E-state index contributed by atoms with van der Waals surface area (Å²) in [4.78, 5) is 14.2. The van der Waals surface area contributed by atoms with E-state index in [4.69, 9.17) is 9.97 Å². The zero-order chi connectivity index (χ0) is 30.7. The minimum atomic E-state index is 0.915. The van der Waals surface area contributed by atoms with Crippen LogP contribution in [0.2, 0.25) is 0 Å². The molecular formula is C43H29N3. The van der Waals surface area contributed by atoms with Gasteiger partial charge >= 0.3 is 0 Å². The molecule has 0 aliphatic rings. The zero-order valence-corrected chi connectivity index (χ0v) is 25.1. The van der Waals surface area contributed by atoms with Crippen LogP contribution in [0.4, 0.5) is 0 Å². The molecule has 8 aromatic rings. The minimum Gasteiger partial charge on any atom is -0.265 e. The average molecular weight is 588 g/mol. The molecule has 0 bridgehead atoms. The quantitative estimate of drug-likeness (QED) is 0.194. The van der Waals surface area contributed by atoms with E-state index in [0.717, 1.165) is 50.1 Å². The third-order valence-electron chi connectivity index (χ3n) is 8.43. The van der Waals surface area contributed by atoms with Gasteiger partial charge in [-0.1, -0.05) is 109 Å². The largest absolute Gasteiger partial charge is 0.265 e. The topological polar surface area (TPSA) is 38.7 Å². The Labute approximate surface area is 268 Å². The van der Waals surface area contributed by atoms with E-state index >= 15 is 0 Å². The van der Waals surface area contributed by atoms with Crippen molar-refractivity contribution in [3.8, 4) is 67.0 Å². The van der Waals surface area contributed by atoms with Gasteiger partial charge in [0.25, 0.3) is 0 Å². The minimum absolute atomic E-state index is 0.915. The second kappa shape index (κ2) is 12.1. The van der Waals surface area contributed by atoms with Crippen molar-refractivity contribution in [3.05, 3.63) is 176 Å². The highest BCUT2D eigenvalue weighted by Crippen LogP contribution is 2.36. The molecule has 0 fully saturated rings. The second-order valence-electron chi connectivity index (χ2n) is 11.3. The summed E-state index contributed by atoms with van der Waals surface area (Å²) in [6.07, 6.45) is 5.56. The molecule has 216 valence electrons. The maximum Gasteiger partial charge on any atom is 0.0716 e. The lowest BCUT2D eigenvalue weighted by atomic mass is 9.94. The van der Waals surface area contributed by atoms with E-state index in [1.165, 1.54) is 27.8 Å². The number of nitrogens with zero attached hydrogens (tertiary/aromatic N) is 3. The molecule has 3 heteroatoms. The van der Waals surface area contributed by atoms with Crippen LogP contribution in [-0.2, 0) is 0 Å². The van der Waals surface area contributed by atoms with E-state index in [1.807, 2.05) is 24.4 Å². The van der Waals surface area contributed by atoms with Crippen molar-refractivity contribution < 1.29 is 0 Å². The molecule has 0 spiro atoms. The maximum atomic E-state index is 5.20. The maximum absolute atomic E-state index is 5.20. The number of benzene rings is 5. The van der Waals surface area contributed by atoms with Gasteiger partial charge in [0.1, 0.15) is 0 Å². The number of hydrogen-bond donors (Lipinski definition) is 0. The Balaban J connectivity index is 1.27. The molecule has 3 aromatic heterocycles. The summed E-state index contributed by atoms with van der Waals surface area (Å²) < 4.78 is 0. The van der Waals surface area contributed by atoms with E-state index in [2.05, 4.69) is 145 Å². The number of pyridine rings is 3. The monoisotopic (exact) mass is 587 g/mol. The van der Waals surface area contributed by atoms with Gasteiger partial charge in [-0.25, -0.2) is 4.98 Å². The van der Waals surface area contributed by atoms with Crippen LogP contribution in [0.1, 0.15) is 0 Å². The smallest absolute Gasteiger partial charge is 0.0716 e. The highest BCUT2D eigenvalue weighted by molar-refractivity contribution is 5.99. The van der Waals surface area contributed by atoms with Crippen LogP contribution >= 0.6 is 0 Å². The van der Waals surface area contributed by atoms with E-state index < -0.39 is 0 Å². The van der Waals surface area contributed by atoms with E-state index in [-0.39, 0.29) is 0 Å². The second-order valence-corrected chi connectivity index (χ2v) is 11.3. The molecule has 0 aliphatic carbocycles. The molecule has 0 saturated heterocycles. The van der Waals surface area contributed by atoms with Crippen LogP contribution in [0.25, 0.3) is 77.9 Å². The molecule has 8 rings (SSSR count). The summed E-state index contributed by atoms with van der Waals surface area (Å²) in [5.74, 6) is 0. The first-order chi connectivity index (χ1) is 22.8. The van der Waals surface area contributed by atoms with Gasteiger partial charge in [-0.3, -0.25) is 9.97 Å². The van der Waals surface area contributed by atoms with E-state index in [1.54, 1.807) is 12.4 Å². The lowest BCUT2D eigenvalue weighted by molar-refractivity contribution is 1.29. The highest BCUT2D eigenvalue weighted by Gasteiger charge is 2.13. The summed E-state index contributed by atoms with van der Waals surface area (Å²) in [7, 11) is 0. The summed E-state index contributed by atoms with van der Waals surface area (Å²) >= 11 is 0. The van der Waals surface area contributed by atoms with Crippen molar-refractivity contribution in [1.29, 1.82) is 0 Å². The normalized spacial score (nSPS) is 11.0. The van der Waals surface area contributed by atoms with Gasteiger partial charge in [-0.05, 0) is 87.5 Å². The van der Waals surface area contributed by atoms with Crippen LogP contribution in [0.5, 0.6) is 0 Å².